The molecule has 0 unspecified atom stereocenters. The topological polar surface area (TPSA) is 18.5 Å². The van der Waals surface area contributed by atoms with Crippen LogP contribution in [0.4, 0.5) is 0 Å². The third-order valence-corrected chi connectivity index (χ3v) is 5.92. The number of fused-ring (bicyclic) bond motifs is 5. The highest BCUT2D eigenvalue weighted by Gasteiger charge is 2.13. The van der Waals surface area contributed by atoms with Crippen molar-refractivity contribution < 1.29 is 9.47 Å². The summed E-state index contributed by atoms with van der Waals surface area (Å²) >= 11 is 3.66. The van der Waals surface area contributed by atoms with Gasteiger partial charge in [-0.15, -0.1) is 22.7 Å². The zero-order valence-corrected chi connectivity index (χ0v) is 12.7. The van der Waals surface area contributed by atoms with E-state index in [2.05, 4.69) is 24.3 Å². The molecule has 0 amide bonds. The number of hydrogen-bond donors (Lipinski definition) is 0. The van der Waals surface area contributed by atoms with Gasteiger partial charge in [0.1, 0.15) is 11.5 Å². The lowest BCUT2D eigenvalue weighted by Gasteiger charge is -2.00. The van der Waals surface area contributed by atoms with Crippen LogP contribution in [-0.4, -0.2) is 14.2 Å². The maximum absolute atomic E-state index is 5.31. The van der Waals surface area contributed by atoms with E-state index < -0.39 is 0 Å². The van der Waals surface area contributed by atoms with E-state index >= 15 is 0 Å². The van der Waals surface area contributed by atoms with Crippen molar-refractivity contribution in [1.82, 2.24) is 0 Å². The zero-order valence-electron chi connectivity index (χ0n) is 11.1. The molecule has 2 nitrogen and oxygen atoms in total. The summed E-state index contributed by atoms with van der Waals surface area (Å²) in [6, 6.07) is 12.6. The normalized spacial score (nSPS) is 11.5. The van der Waals surface area contributed by atoms with Crippen molar-refractivity contribution in [2.24, 2.45) is 0 Å². The summed E-state index contributed by atoms with van der Waals surface area (Å²) < 4.78 is 14.5. The van der Waals surface area contributed by atoms with Gasteiger partial charge >= 0.3 is 0 Å². The fraction of sp³-hybridized carbons (Fsp3) is 0.125. The number of rotatable bonds is 2. The predicted octanol–water partition coefficient (Wildman–Crippen LogP) is 5.29. The van der Waals surface area contributed by atoms with E-state index in [4.69, 9.17) is 9.47 Å². The van der Waals surface area contributed by atoms with Crippen LogP contribution in [0.5, 0.6) is 11.5 Å². The van der Waals surface area contributed by atoms with E-state index in [0.29, 0.717) is 0 Å². The minimum Gasteiger partial charge on any atom is -0.497 e. The molecule has 0 atom stereocenters. The molecule has 0 spiro atoms. The SMILES string of the molecule is COc1ccc2c(c1)sc1sc3cc(OC)ccc3c12. The van der Waals surface area contributed by atoms with Crippen molar-refractivity contribution in [2.75, 3.05) is 14.2 Å². The Kier molecular flexibility index (Phi) is 2.62. The molecule has 20 heavy (non-hydrogen) atoms. The fourth-order valence-electron chi connectivity index (χ4n) is 2.53. The quantitative estimate of drug-likeness (QED) is 0.501. The van der Waals surface area contributed by atoms with Crippen molar-refractivity contribution in [2.45, 2.75) is 0 Å². The molecule has 4 aromatic rings. The molecule has 0 saturated heterocycles. The van der Waals surface area contributed by atoms with E-state index in [1.807, 2.05) is 34.8 Å². The van der Waals surface area contributed by atoms with Gasteiger partial charge in [-0.25, -0.2) is 0 Å². The minimum atomic E-state index is 0.914. The smallest absolute Gasteiger partial charge is 0.120 e. The average molecular weight is 300 g/mol. The number of thiophene rings is 2. The Morgan fingerprint density at radius 2 is 1.25 bits per heavy atom. The van der Waals surface area contributed by atoms with Gasteiger partial charge < -0.3 is 9.47 Å². The van der Waals surface area contributed by atoms with Gasteiger partial charge in [0.2, 0.25) is 0 Å². The van der Waals surface area contributed by atoms with Crippen LogP contribution in [0, 0.1) is 0 Å². The summed E-state index contributed by atoms with van der Waals surface area (Å²) in [4.78, 5) is 0. The van der Waals surface area contributed by atoms with E-state index in [1.165, 1.54) is 29.6 Å². The van der Waals surface area contributed by atoms with Crippen LogP contribution in [0.3, 0.4) is 0 Å². The molecule has 0 bridgehead atoms. The molecule has 4 heteroatoms. The highest BCUT2D eigenvalue weighted by Crippen LogP contribution is 2.45. The van der Waals surface area contributed by atoms with E-state index in [-0.39, 0.29) is 0 Å². The van der Waals surface area contributed by atoms with Crippen molar-refractivity contribution >= 4 is 52.2 Å². The first-order chi connectivity index (χ1) is 9.80. The van der Waals surface area contributed by atoms with Crippen LogP contribution >= 0.6 is 22.7 Å². The lowest BCUT2D eigenvalue weighted by Crippen LogP contribution is -1.81. The second-order valence-electron chi connectivity index (χ2n) is 4.59. The van der Waals surface area contributed by atoms with E-state index in [0.717, 1.165) is 11.5 Å². The van der Waals surface area contributed by atoms with Gasteiger partial charge in [0.05, 0.1) is 18.2 Å². The third-order valence-electron chi connectivity index (χ3n) is 3.53. The van der Waals surface area contributed by atoms with Gasteiger partial charge in [-0.3, -0.25) is 0 Å². The first-order valence-electron chi connectivity index (χ1n) is 6.27. The van der Waals surface area contributed by atoms with Crippen LogP contribution in [-0.2, 0) is 0 Å². The summed E-state index contributed by atoms with van der Waals surface area (Å²) in [6.45, 7) is 0. The van der Waals surface area contributed by atoms with Crippen LogP contribution < -0.4 is 9.47 Å². The Hall–Kier alpha value is -1.78. The van der Waals surface area contributed by atoms with Crippen molar-refractivity contribution in [1.29, 1.82) is 0 Å². The highest BCUT2D eigenvalue weighted by molar-refractivity contribution is 7.44. The lowest BCUT2D eigenvalue weighted by atomic mass is 10.1. The Balaban J connectivity index is 2.09. The van der Waals surface area contributed by atoms with Gasteiger partial charge in [-0.1, -0.05) is 0 Å². The molecule has 2 aromatic carbocycles. The van der Waals surface area contributed by atoms with Gasteiger partial charge in [0.25, 0.3) is 0 Å². The largest absolute Gasteiger partial charge is 0.497 e. The molecule has 4 rings (SSSR count). The Bertz CT molecular complexity index is 861. The summed E-state index contributed by atoms with van der Waals surface area (Å²) in [7, 11) is 3.41. The van der Waals surface area contributed by atoms with Gasteiger partial charge in [-0.05, 0) is 36.4 Å². The second-order valence-corrected chi connectivity index (χ2v) is 6.95. The highest BCUT2D eigenvalue weighted by atomic mass is 32.2. The summed E-state index contributed by atoms with van der Waals surface area (Å²) in [5, 5.41) is 3.97. The predicted molar refractivity (Wildman–Crippen MR) is 87.8 cm³/mol. The van der Waals surface area contributed by atoms with Crippen molar-refractivity contribution in [3.05, 3.63) is 36.4 Å². The molecule has 0 radical (unpaired) electrons. The van der Waals surface area contributed by atoms with Crippen LogP contribution in [0.2, 0.25) is 0 Å². The summed E-state index contributed by atoms with van der Waals surface area (Å²) in [5.74, 6) is 1.83. The molecule has 0 aliphatic rings. The number of benzene rings is 2. The molecular weight excluding hydrogens is 288 g/mol. The first kappa shape index (κ1) is 12.0. The maximum atomic E-state index is 5.31. The summed E-state index contributed by atoms with van der Waals surface area (Å²) in [6.07, 6.45) is 0. The molecular formula is C16H12O2S2. The number of methoxy groups -OCH3 is 2. The van der Waals surface area contributed by atoms with Crippen LogP contribution in [0.15, 0.2) is 36.4 Å². The number of ether oxygens (including phenoxy) is 2. The van der Waals surface area contributed by atoms with E-state index in [1.54, 1.807) is 14.2 Å². The number of hydrogen-bond acceptors (Lipinski definition) is 4. The molecule has 2 heterocycles. The Morgan fingerprint density at radius 1 is 0.750 bits per heavy atom. The van der Waals surface area contributed by atoms with Gasteiger partial charge in [0, 0.05) is 25.6 Å². The minimum absolute atomic E-state index is 0.914. The van der Waals surface area contributed by atoms with Crippen molar-refractivity contribution in [3.8, 4) is 11.5 Å². The average Bonchev–Trinajstić information content (AvgIpc) is 3.00. The molecule has 0 aliphatic heterocycles. The summed E-state index contributed by atoms with van der Waals surface area (Å²) in [5.41, 5.74) is 0. The van der Waals surface area contributed by atoms with Gasteiger partial charge in [0.15, 0.2) is 0 Å². The molecule has 100 valence electrons. The fourth-order valence-corrected chi connectivity index (χ4v) is 5.19. The molecule has 0 aliphatic carbocycles. The van der Waals surface area contributed by atoms with Crippen LogP contribution in [0.1, 0.15) is 0 Å². The van der Waals surface area contributed by atoms with E-state index in [9.17, 15) is 0 Å². The Morgan fingerprint density at radius 3 is 1.70 bits per heavy atom. The lowest BCUT2D eigenvalue weighted by molar-refractivity contribution is 0.415. The van der Waals surface area contributed by atoms with Gasteiger partial charge in [-0.2, -0.15) is 0 Å². The third kappa shape index (κ3) is 1.62. The molecule has 0 N–H and O–H groups in total. The molecule has 0 saturated carbocycles. The monoisotopic (exact) mass is 300 g/mol. The molecule has 2 aromatic heterocycles. The zero-order chi connectivity index (χ0) is 13.7. The first-order valence-corrected chi connectivity index (χ1v) is 7.90. The Labute approximate surface area is 124 Å². The second kappa shape index (κ2) is 4.36. The standard InChI is InChI=1S/C16H12O2S2/c1-17-9-3-5-11-13(7-9)19-16-15(11)12-6-4-10(18-2)8-14(12)20-16/h3-8H,1-2H3. The maximum Gasteiger partial charge on any atom is 0.120 e. The molecule has 0 fully saturated rings. The van der Waals surface area contributed by atoms with Crippen molar-refractivity contribution in [3.63, 3.8) is 0 Å². The van der Waals surface area contributed by atoms with Crippen LogP contribution in [0.25, 0.3) is 29.6 Å².